The highest BCUT2D eigenvalue weighted by Crippen LogP contribution is 2.32. The number of hydrogen-bond acceptors (Lipinski definition) is 6. The highest BCUT2D eigenvalue weighted by atomic mass is 16.5. The Balaban J connectivity index is 1.71. The lowest BCUT2D eigenvalue weighted by Gasteiger charge is -2.22. The maximum Gasteiger partial charge on any atom is 0.223 e. The van der Waals surface area contributed by atoms with Crippen molar-refractivity contribution in [1.29, 1.82) is 0 Å². The average Bonchev–Trinajstić information content (AvgIpc) is 3.03. The first kappa shape index (κ1) is 22.1. The van der Waals surface area contributed by atoms with E-state index in [1.54, 1.807) is 14.2 Å². The number of aromatic nitrogens is 3. The Morgan fingerprint density at radius 3 is 2.57 bits per heavy atom. The minimum Gasteiger partial charge on any atom is -0.496 e. The van der Waals surface area contributed by atoms with Crippen LogP contribution in [0.25, 0.3) is 0 Å². The molecule has 164 valence electrons. The predicted molar refractivity (Wildman–Crippen MR) is 115 cm³/mol. The summed E-state index contributed by atoms with van der Waals surface area (Å²) >= 11 is 0. The number of carbonyl (C=O) groups excluding carboxylic acids is 1. The molecule has 1 atom stereocenters. The Labute approximate surface area is 178 Å². The molecule has 0 spiro atoms. The normalized spacial score (nSPS) is 15.4. The molecule has 1 N–H and O–H groups in total. The standard InChI is InChI=1S/C22H33N5O3/c1-14(2)22(28)23-16(4)21-25-24-19-9-10-26(11-12-27(19)21)13-17-7-8-18(29-5)15(3)20(17)30-6/h7-8,14,16H,9-13H2,1-6H3,(H,23,28). The largest absolute Gasteiger partial charge is 0.496 e. The maximum atomic E-state index is 12.1. The molecule has 2 aromatic rings. The van der Waals surface area contributed by atoms with Gasteiger partial charge < -0.3 is 19.4 Å². The van der Waals surface area contributed by atoms with Crippen molar-refractivity contribution in [2.75, 3.05) is 27.3 Å². The van der Waals surface area contributed by atoms with Crippen LogP contribution in [0.1, 0.15) is 49.6 Å². The summed E-state index contributed by atoms with van der Waals surface area (Å²) in [6, 6.07) is 3.90. The van der Waals surface area contributed by atoms with Gasteiger partial charge in [0, 0.05) is 49.6 Å². The Morgan fingerprint density at radius 1 is 1.13 bits per heavy atom. The number of benzene rings is 1. The van der Waals surface area contributed by atoms with E-state index in [1.807, 2.05) is 33.8 Å². The van der Waals surface area contributed by atoms with Gasteiger partial charge >= 0.3 is 0 Å². The number of rotatable bonds is 7. The molecule has 1 aromatic carbocycles. The molecule has 1 aliphatic rings. The van der Waals surface area contributed by atoms with Gasteiger partial charge in [0.05, 0.1) is 20.3 Å². The van der Waals surface area contributed by atoms with Gasteiger partial charge in [-0.1, -0.05) is 19.9 Å². The lowest BCUT2D eigenvalue weighted by atomic mass is 10.1. The van der Waals surface area contributed by atoms with Crippen LogP contribution in [0.3, 0.4) is 0 Å². The van der Waals surface area contributed by atoms with Crippen molar-refractivity contribution in [3.63, 3.8) is 0 Å². The Hall–Kier alpha value is -2.61. The summed E-state index contributed by atoms with van der Waals surface area (Å²) in [5.41, 5.74) is 2.16. The summed E-state index contributed by atoms with van der Waals surface area (Å²) in [6.45, 7) is 11.1. The van der Waals surface area contributed by atoms with Gasteiger partial charge in [-0.25, -0.2) is 0 Å². The van der Waals surface area contributed by atoms with Crippen molar-refractivity contribution >= 4 is 5.91 Å². The van der Waals surface area contributed by atoms with Gasteiger partial charge in [0.1, 0.15) is 17.3 Å². The van der Waals surface area contributed by atoms with E-state index in [9.17, 15) is 4.79 Å². The molecule has 0 radical (unpaired) electrons. The lowest BCUT2D eigenvalue weighted by Crippen LogP contribution is -2.32. The number of hydrogen-bond donors (Lipinski definition) is 1. The number of amides is 1. The fourth-order valence-corrected chi connectivity index (χ4v) is 3.91. The van der Waals surface area contributed by atoms with Crippen molar-refractivity contribution < 1.29 is 14.3 Å². The van der Waals surface area contributed by atoms with Crippen LogP contribution in [0.5, 0.6) is 11.5 Å². The Kier molecular flexibility index (Phi) is 6.97. The van der Waals surface area contributed by atoms with E-state index in [4.69, 9.17) is 9.47 Å². The first-order valence-corrected chi connectivity index (χ1v) is 10.5. The van der Waals surface area contributed by atoms with Gasteiger partial charge in [-0.15, -0.1) is 10.2 Å². The number of fused-ring (bicyclic) bond motifs is 1. The third kappa shape index (κ3) is 4.59. The second-order valence-electron chi connectivity index (χ2n) is 8.12. The molecule has 0 saturated heterocycles. The molecule has 0 bridgehead atoms. The SMILES string of the molecule is COc1ccc(CN2CCc3nnc(C(C)NC(=O)C(C)C)n3CC2)c(OC)c1C. The zero-order valence-electron chi connectivity index (χ0n) is 18.9. The molecule has 2 heterocycles. The number of carbonyl (C=O) groups is 1. The third-order valence-electron chi connectivity index (χ3n) is 5.67. The highest BCUT2D eigenvalue weighted by Gasteiger charge is 2.24. The number of ether oxygens (including phenoxy) is 2. The fraction of sp³-hybridized carbons (Fsp3) is 0.591. The molecule has 30 heavy (non-hydrogen) atoms. The van der Waals surface area contributed by atoms with Crippen LogP contribution in [0.15, 0.2) is 12.1 Å². The first-order valence-electron chi connectivity index (χ1n) is 10.5. The monoisotopic (exact) mass is 415 g/mol. The van der Waals surface area contributed by atoms with E-state index in [2.05, 4.69) is 31.0 Å². The summed E-state index contributed by atoms with van der Waals surface area (Å²) in [6.07, 6.45) is 0.815. The van der Waals surface area contributed by atoms with Gasteiger partial charge in [-0.2, -0.15) is 0 Å². The second kappa shape index (κ2) is 9.47. The summed E-state index contributed by atoms with van der Waals surface area (Å²) in [7, 11) is 3.38. The molecule has 3 rings (SSSR count). The first-order chi connectivity index (χ1) is 14.3. The molecule has 1 aliphatic heterocycles. The van der Waals surface area contributed by atoms with Gasteiger partial charge in [0.25, 0.3) is 0 Å². The van der Waals surface area contributed by atoms with Crippen LogP contribution >= 0.6 is 0 Å². The summed E-state index contributed by atoms with van der Waals surface area (Å²) in [5, 5.41) is 11.8. The summed E-state index contributed by atoms with van der Waals surface area (Å²) < 4.78 is 13.2. The van der Waals surface area contributed by atoms with Gasteiger partial charge in [0.2, 0.25) is 5.91 Å². The molecular weight excluding hydrogens is 382 g/mol. The van der Waals surface area contributed by atoms with E-state index in [1.165, 1.54) is 0 Å². The highest BCUT2D eigenvalue weighted by molar-refractivity contribution is 5.78. The smallest absolute Gasteiger partial charge is 0.223 e. The zero-order valence-corrected chi connectivity index (χ0v) is 18.9. The van der Waals surface area contributed by atoms with Crippen molar-refractivity contribution in [3.8, 4) is 11.5 Å². The lowest BCUT2D eigenvalue weighted by molar-refractivity contribution is -0.124. The molecule has 8 nitrogen and oxygen atoms in total. The predicted octanol–water partition coefficient (Wildman–Crippen LogP) is 2.50. The topological polar surface area (TPSA) is 81.5 Å². The van der Waals surface area contributed by atoms with Crippen LogP contribution in [0.4, 0.5) is 0 Å². The Morgan fingerprint density at radius 2 is 1.90 bits per heavy atom. The van der Waals surface area contributed by atoms with Gasteiger partial charge in [-0.3, -0.25) is 9.69 Å². The molecule has 1 amide bonds. The second-order valence-corrected chi connectivity index (χ2v) is 8.12. The third-order valence-corrected chi connectivity index (χ3v) is 5.67. The van der Waals surface area contributed by atoms with Gasteiger partial charge in [0.15, 0.2) is 5.82 Å². The van der Waals surface area contributed by atoms with E-state index in [0.717, 1.165) is 66.9 Å². The van der Waals surface area contributed by atoms with Crippen molar-refractivity contribution in [2.45, 2.75) is 53.2 Å². The molecule has 0 fully saturated rings. The van der Waals surface area contributed by atoms with E-state index in [0.29, 0.717) is 0 Å². The van der Waals surface area contributed by atoms with Crippen molar-refractivity contribution in [3.05, 3.63) is 34.9 Å². The minimum absolute atomic E-state index is 0.0251. The average molecular weight is 416 g/mol. The van der Waals surface area contributed by atoms with E-state index < -0.39 is 0 Å². The van der Waals surface area contributed by atoms with Gasteiger partial charge in [-0.05, 0) is 19.9 Å². The quantitative estimate of drug-likeness (QED) is 0.748. The van der Waals surface area contributed by atoms with Crippen LogP contribution in [0.2, 0.25) is 0 Å². The van der Waals surface area contributed by atoms with Crippen molar-refractivity contribution in [1.82, 2.24) is 25.0 Å². The Bertz CT molecular complexity index is 893. The number of methoxy groups -OCH3 is 2. The molecule has 8 heteroatoms. The molecule has 0 saturated carbocycles. The summed E-state index contributed by atoms with van der Waals surface area (Å²) in [5.74, 6) is 3.47. The maximum absolute atomic E-state index is 12.1. The van der Waals surface area contributed by atoms with E-state index >= 15 is 0 Å². The molecule has 0 aliphatic carbocycles. The summed E-state index contributed by atoms with van der Waals surface area (Å²) in [4.78, 5) is 14.5. The number of nitrogens with zero attached hydrogens (tertiary/aromatic N) is 4. The molecule has 1 unspecified atom stereocenters. The minimum atomic E-state index is -0.169. The fourth-order valence-electron chi connectivity index (χ4n) is 3.91. The molecule has 1 aromatic heterocycles. The van der Waals surface area contributed by atoms with Crippen molar-refractivity contribution in [2.24, 2.45) is 5.92 Å². The number of nitrogens with one attached hydrogen (secondary N) is 1. The van der Waals surface area contributed by atoms with Crippen LogP contribution in [0, 0.1) is 12.8 Å². The zero-order chi connectivity index (χ0) is 21.8. The molecular formula is C22H33N5O3. The van der Waals surface area contributed by atoms with Crippen LogP contribution < -0.4 is 14.8 Å². The van der Waals surface area contributed by atoms with Crippen LogP contribution in [-0.2, 0) is 24.3 Å². The van der Waals surface area contributed by atoms with Crippen LogP contribution in [-0.4, -0.2) is 52.9 Å². The van der Waals surface area contributed by atoms with E-state index in [-0.39, 0.29) is 17.9 Å².